The molecule has 6 aromatic rings. The van der Waals surface area contributed by atoms with Crippen LogP contribution in [0, 0.1) is 5.41 Å². The Morgan fingerprint density at radius 1 is 0.486 bits per heavy atom. The standard InChI is InChI=1S/C73H98N18O16S2/c1-41(93)60(70(104)87-54(33-45-21-10-5-11-22-45)68(102)91-61(42(2)94)71(105)88-57(38-92)69(103)89-58(39-109)72(106)107)90-63(97)51(25-14-15-28-74)82-66(100)55(34-46-36-79-49-24-13-12-23-48(46)49)85-65(99)53(32-44-19-8-4-9-20-44)83-64(98)52(31-43-17-6-3-7-18-43)84-67(101)56(35-47-37-77-40-80-47)86-62(96)50(81-59(95)27-30-108)26-16-29-78-73(75)76/h3-13,17-24,36-37,40-42,50-58,60-61,79,92-94,108-109H,14-16,25-35,38-39,74H2,1-2H3,(H,77,80)(H,81,95)(H,82,100)(H,83,98)(H,84,101)(H,85,99)(H,86,96)(H,87,104)(H,88,105)(H,89,103)(H,90,97)(H,91,102)(H,106,107)(H4,75,76,78)/t41-,42-,50+,51+,52+,53+,54+,55-,56+,57+,58+,60+,61+/m1/s1. The summed E-state index contributed by atoms with van der Waals surface area (Å²) in [6.45, 7) is 1.56. The molecule has 0 saturated heterocycles. The average Bonchev–Trinajstić information content (AvgIpc) is 1.81. The molecule has 11 amide bonds. The number of amides is 11. The van der Waals surface area contributed by atoms with Gasteiger partial charge in [0.05, 0.1) is 30.8 Å². The van der Waals surface area contributed by atoms with Crippen LogP contribution < -0.4 is 75.3 Å². The van der Waals surface area contributed by atoms with Gasteiger partial charge in [-0.05, 0) is 86.6 Å². The number of para-hydroxylation sites is 1. The Balaban J connectivity index is 1.30. The van der Waals surface area contributed by atoms with E-state index in [1.165, 1.54) is 12.5 Å². The number of carbonyl (C=O) groups is 12. The Morgan fingerprint density at radius 3 is 1.34 bits per heavy atom. The molecule has 36 heteroatoms. The highest BCUT2D eigenvalue weighted by molar-refractivity contribution is 7.80. The van der Waals surface area contributed by atoms with Crippen LogP contribution in [-0.4, -0.2) is 222 Å². The van der Waals surface area contributed by atoms with E-state index in [2.05, 4.69) is 104 Å². The number of nitrogens with zero attached hydrogens (tertiary/aromatic N) is 1. The fourth-order valence-corrected chi connectivity index (χ4v) is 12.0. The Morgan fingerprint density at radius 2 is 0.890 bits per heavy atom. The molecule has 0 fully saturated rings. The molecule has 0 radical (unpaired) electrons. The maximum atomic E-state index is 15.4. The van der Waals surface area contributed by atoms with E-state index in [0.29, 0.717) is 45.3 Å². The van der Waals surface area contributed by atoms with Gasteiger partial charge >= 0.3 is 5.97 Å². The number of benzene rings is 4. The topological polar surface area (TPSA) is 550 Å². The number of carboxylic acid groups (broad SMARTS) is 1. The number of nitrogens with two attached hydrogens (primary N) is 2. The summed E-state index contributed by atoms with van der Waals surface area (Å²) in [4.78, 5) is 180. The zero-order chi connectivity index (χ0) is 79.5. The first kappa shape index (κ1) is 87.0. The SMILES string of the molecule is C[C@@H](O)[C@H](NC(=O)[C@H](Cc1ccccc1)NC(=O)[C@@H](NC(=O)[C@H](CCCCN)NC(=O)[C@@H](Cc1c[nH]c2ccccc12)NC(=O)[C@H](Cc1ccccc1)NC(=O)[C@H](Cc1ccccc1)NC(=O)[C@H](Cc1c[nH]cn1)NC(=O)[C@H](CCCNC(=N)N)NC(=O)CCS)[C@@H](C)O)C(=O)N[C@@H](CO)C(=O)N[C@@H](CS)C(=O)O. The Bertz CT molecular complexity index is 3990. The lowest BCUT2D eigenvalue weighted by molar-refractivity contribution is -0.142. The number of rotatable bonds is 46. The van der Waals surface area contributed by atoms with Crippen LogP contribution in [0.25, 0.3) is 10.9 Å². The van der Waals surface area contributed by atoms with Crippen molar-refractivity contribution in [2.45, 2.75) is 163 Å². The third-order valence-corrected chi connectivity index (χ3v) is 18.0. The second-order valence-corrected chi connectivity index (χ2v) is 26.7. The lowest BCUT2D eigenvalue weighted by Crippen LogP contribution is -2.63. The smallest absolute Gasteiger partial charge is 0.327 e. The van der Waals surface area contributed by atoms with Crippen LogP contribution in [0.2, 0.25) is 0 Å². The summed E-state index contributed by atoms with van der Waals surface area (Å²) in [7, 11) is 0. The minimum absolute atomic E-state index is 0.0336. The summed E-state index contributed by atoms with van der Waals surface area (Å²) in [5.41, 5.74) is 14.5. The largest absolute Gasteiger partial charge is 0.480 e. The predicted octanol–water partition coefficient (Wildman–Crippen LogP) is -2.78. The lowest BCUT2D eigenvalue weighted by atomic mass is 10.00. The molecule has 0 bridgehead atoms. The molecular weight excluding hydrogens is 1450 g/mol. The molecule has 2 aromatic heterocycles. The fraction of sp³-hybridized carbons (Fsp3) is 0.425. The minimum atomic E-state index is -1.88. The van der Waals surface area contributed by atoms with Gasteiger partial charge in [0.15, 0.2) is 5.96 Å². The quantitative estimate of drug-likeness (QED) is 0.00795. The number of carboxylic acids is 1. The number of guanidine groups is 1. The third-order valence-electron chi connectivity index (χ3n) is 17.4. The molecule has 109 heavy (non-hydrogen) atoms. The number of H-pyrrole nitrogens is 2. The molecule has 0 unspecified atom stereocenters. The summed E-state index contributed by atoms with van der Waals surface area (Å²) in [6.07, 6.45) is 0.675. The molecule has 2 heterocycles. The van der Waals surface area contributed by atoms with Gasteiger partial charge in [0.2, 0.25) is 65.0 Å². The minimum Gasteiger partial charge on any atom is -0.480 e. The van der Waals surface area contributed by atoms with Gasteiger partial charge in [0.1, 0.15) is 66.5 Å². The van der Waals surface area contributed by atoms with E-state index in [4.69, 9.17) is 16.9 Å². The molecular formula is C73H98N18O16S2. The molecule has 23 N–H and O–H groups in total. The van der Waals surface area contributed by atoms with E-state index in [-0.39, 0.29) is 94.8 Å². The number of fused-ring (bicyclic) bond motifs is 1. The van der Waals surface area contributed by atoms with Crippen molar-refractivity contribution >= 4 is 113 Å². The Labute approximate surface area is 639 Å². The van der Waals surface area contributed by atoms with Gasteiger partial charge in [-0.15, -0.1) is 0 Å². The number of hydrogen-bond donors (Lipinski definition) is 23. The predicted molar refractivity (Wildman–Crippen MR) is 408 cm³/mol. The molecule has 0 saturated carbocycles. The summed E-state index contributed by atoms with van der Waals surface area (Å²) < 4.78 is 0. The third kappa shape index (κ3) is 28.6. The number of aliphatic hydroxyl groups is 3. The summed E-state index contributed by atoms with van der Waals surface area (Å²) in [6, 6.07) is 15.0. The zero-order valence-corrected chi connectivity index (χ0v) is 62.0. The lowest BCUT2D eigenvalue weighted by Gasteiger charge is -2.29. The number of aliphatic hydroxyl groups excluding tert-OH is 3. The van der Waals surface area contributed by atoms with Crippen LogP contribution in [0.1, 0.15) is 80.3 Å². The number of carbonyl (C=O) groups excluding carboxylic acids is 11. The number of thiol groups is 2. The second kappa shape index (κ2) is 45.0. The van der Waals surface area contributed by atoms with Crippen molar-refractivity contribution in [2.75, 3.05) is 31.2 Å². The number of aromatic amines is 2. The first-order valence-corrected chi connectivity index (χ1v) is 36.7. The van der Waals surface area contributed by atoms with Gasteiger partial charge in [-0.3, -0.25) is 58.1 Å². The van der Waals surface area contributed by atoms with E-state index in [9.17, 15) is 63.6 Å². The van der Waals surface area contributed by atoms with Crippen molar-refractivity contribution in [3.05, 3.63) is 162 Å². The number of imidazole rings is 1. The van der Waals surface area contributed by atoms with E-state index >= 15 is 14.4 Å². The molecule has 4 aromatic carbocycles. The highest BCUT2D eigenvalue weighted by atomic mass is 32.1. The van der Waals surface area contributed by atoms with Crippen molar-refractivity contribution in [1.82, 2.24) is 78.8 Å². The highest BCUT2D eigenvalue weighted by Crippen LogP contribution is 2.21. The first-order chi connectivity index (χ1) is 52.2. The molecule has 13 atom stereocenters. The maximum Gasteiger partial charge on any atom is 0.327 e. The van der Waals surface area contributed by atoms with E-state index in [1.54, 1.807) is 121 Å². The fourth-order valence-electron chi connectivity index (χ4n) is 11.5. The van der Waals surface area contributed by atoms with Crippen molar-refractivity contribution in [2.24, 2.45) is 11.5 Å². The first-order valence-electron chi connectivity index (χ1n) is 35.4. The van der Waals surface area contributed by atoms with Crippen LogP contribution in [0.15, 0.2) is 134 Å². The molecule has 6 rings (SSSR count). The van der Waals surface area contributed by atoms with Gasteiger partial charge in [-0.1, -0.05) is 109 Å². The van der Waals surface area contributed by atoms with Gasteiger partial charge in [-0.2, -0.15) is 25.3 Å². The van der Waals surface area contributed by atoms with Gasteiger partial charge in [-0.25, -0.2) is 9.78 Å². The van der Waals surface area contributed by atoms with Crippen molar-refractivity contribution in [1.29, 1.82) is 5.41 Å². The van der Waals surface area contributed by atoms with Crippen LogP contribution >= 0.6 is 25.3 Å². The molecule has 0 spiro atoms. The van der Waals surface area contributed by atoms with Crippen molar-refractivity contribution in [3.63, 3.8) is 0 Å². The van der Waals surface area contributed by atoms with E-state index in [1.807, 2.05) is 0 Å². The Hall–Kier alpha value is -10.9. The maximum absolute atomic E-state index is 15.4. The normalized spacial score (nSPS) is 14.7. The van der Waals surface area contributed by atoms with Crippen LogP contribution in [0.4, 0.5) is 0 Å². The Kier molecular flexibility index (Phi) is 35.9. The summed E-state index contributed by atoms with van der Waals surface area (Å²) >= 11 is 8.05. The van der Waals surface area contributed by atoms with E-state index < -0.39 is 156 Å². The molecule has 588 valence electrons. The number of nitrogens with one attached hydrogen (secondary N) is 15. The number of aliphatic carboxylic acids is 1. The van der Waals surface area contributed by atoms with Crippen LogP contribution in [0.3, 0.4) is 0 Å². The van der Waals surface area contributed by atoms with Gasteiger partial charge in [0, 0.05) is 74.1 Å². The highest BCUT2D eigenvalue weighted by Gasteiger charge is 2.39. The number of hydrogen-bond acceptors (Lipinski definition) is 20. The summed E-state index contributed by atoms with van der Waals surface area (Å²) in [5, 5.41) is 80.6. The molecule has 0 aliphatic carbocycles. The second-order valence-electron chi connectivity index (χ2n) is 25.9. The van der Waals surface area contributed by atoms with Gasteiger partial charge in [0.25, 0.3) is 0 Å². The molecule has 34 nitrogen and oxygen atoms in total. The van der Waals surface area contributed by atoms with Gasteiger partial charge < -0.3 is 106 Å². The van der Waals surface area contributed by atoms with Crippen molar-refractivity contribution in [3.8, 4) is 0 Å². The van der Waals surface area contributed by atoms with E-state index in [0.717, 1.165) is 13.8 Å². The monoisotopic (exact) mass is 1550 g/mol. The number of unbranched alkanes of at least 4 members (excludes halogenated alkanes) is 1. The molecule has 0 aliphatic rings. The zero-order valence-electron chi connectivity index (χ0n) is 60.2. The van der Waals surface area contributed by atoms with Crippen molar-refractivity contribution < 1.29 is 78.0 Å². The number of aromatic nitrogens is 3. The van der Waals surface area contributed by atoms with Crippen LogP contribution in [0.5, 0.6) is 0 Å². The molecule has 0 aliphatic heterocycles. The van der Waals surface area contributed by atoms with Crippen LogP contribution in [-0.2, 0) is 89.6 Å². The summed E-state index contributed by atoms with van der Waals surface area (Å²) in [5.74, 6) is -12.4. The average molecular weight is 1550 g/mol.